The molecule has 3 heteroatoms. The summed E-state index contributed by atoms with van der Waals surface area (Å²) < 4.78 is 0. The number of hydrogen-bond acceptors (Lipinski definition) is 3. The number of anilines is 1. The molecule has 14 heavy (non-hydrogen) atoms. The Bertz CT molecular complexity index is 340. The molecule has 3 nitrogen and oxygen atoms in total. The van der Waals surface area contributed by atoms with Gasteiger partial charge in [0, 0.05) is 16.8 Å². The second-order valence-corrected chi connectivity index (χ2v) is 4.26. The number of carbonyl (C=O) groups excluding carboxylic acids is 1. The molecule has 0 bridgehead atoms. The van der Waals surface area contributed by atoms with E-state index in [4.69, 9.17) is 0 Å². The minimum Gasteiger partial charge on any atom is -0.508 e. The lowest BCUT2D eigenvalue weighted by molar-refractivity contribution is 0.112. The molecule has 0 saturated carbocycles. The molecule has 0 aliphatic carbocycles. The van der Waals surface area contributed by atoms with Crippen LogP contribution in [0.2, 0.25) is 0 Å². The topological polar surface area (TPSA) is 49.3 Å². The Balaban J connectivity index is 3.03. The van der Waals surface area contributed by atoms with Crippen LogP contribution >= 0.6 is 0 Å². The summed E-state index contributed by atoms with van der Waals surface area (Å²) in [5.41, 5.74) is 1.11. The number of benzene rings is 1. The highest BCUT2D eigenvalue weighted by Gasteiger charge is 2.11. The average Bonchev–Trinajstić information content (AvgIpc) is 2.06. The van der Waals surface area contributed by atoms with Crippen LogP contribution in [0, 0.1) is 0 Å². The molecule has 0 aromatic heterocycles. The van der Waals surface area contributed by atoms with Crippen LogP contribution in [-0.2, 0) is 0 Å². The van der Waals surface area contributed by atoms with Gasteiger partial charge in [-0.05, 0) is 39.0 Å². The van der Waals surface area contributed by atoms with E-state index >= 15 is 0 Å². The van der Waals surface area contributed by atoms with E-state index in [1.54, 1.807) is 12.1 Å². The molecule has 0 spiro atoms. The summed E-state index contributed by atoms with van der Waals surface area (Å²) in [5.74, 6) is 0.103. The summed E-state index contributed by atoms with van der Waals surface area (Å²) in [5, 5.41) is 12.4. The van der Waals surface area contributed by atoms with Gasteiger partial charge in [0.15, 0.2) is 6.29 Å². The second-order valence-electron chi connectivity index (χ2n) is 4.26. The third-order valence-electron chi connectivity index (χ3n) is 1.67. The fraction of sp³-hybridized carbons (Fsp3) is 0.364. The first-order valence-corrected chi connectivity index (χ1v) is 4.49. The Labute approximate surface area is 83.8 Å². The maximum absolute atomic E-state index is 10.7. The van der Waals surface area contributed by atoms with Gasteiger partial charge in [-0.25, -0.2) is 0 Å². The van der Waals surface area contributed by atoms with Gasteiger partial charge in [0.05, 0.1) is 0 Å². The minimum absolute atomic E-state index is 0.102. The number of carbonyl (C=O) groups is 1. The Morgan fingerprint density at radius 1 is 1.36 bits per heavy atom. The molecule has 0 unspecified atom stereocenters. The van der Waals surface area contributed by atoms with E-state index in [2.05, 4.69) is 5.32 Å². The Morgan fingerprint density at radius 2 is 2.00 bits per heavy atom. The number of phenolic OH excluding ortho intramolecular Hbond substituents is 1. The summed E-state index contributed by atoms with van der Waals surface area (Å²) in [6.07, 6.45) is 0.730. The third-order valence-corrected chi connectivity index (χ3v) is 1.67. The Morgan fingerprint density at radius 3 is 2.50 bits per heavy atom. The van der Waals surface area contributed by atoms with Crippen molar-refractivity contribution in [2.75, 3.05) is 5.32 Å². The Hall–Kier alpha value is -1.51. The van der Waals surface area contributed by atoms with E-state index in [0.717, 1.165) is 12.0 Å². The molecule has 0 heterocycles. The van der Waals surface area contributed by atoms with Crippen LogP contribution < -0.4 is 5.32 Å². The highest BCUT2D eigenvalue weighted by Crippen LogP contribution is 2.22. The summed E-state index contributed by atoms with van der Waals surface area (Å²) in [6, 6.07) is 4.70. The summed E-state index contributed by atoms with van der Waals surface area (Å²) >= 11 is 0. The lowest BCUT2D eigenvalue weighted by Crippen LogP contribution is -2.26. The highest BCUT2D eigenvalue weighted by atomic mass is 16.3. The van der Waals surface area contributed by atoms with E-state index in [9.17, 15) is 9.90 Å². The average molecular weight is 193 g/mol. The van der Waals surface area contributed by atoms with Crippen molar-refractivity contribution in [1.82, 2.24) is 0 Å². The normalized spacial score (nSPS) is 11.1. The van der Waals surface area contributed by atoms with Crippen LogP contribution in [0.25, 0.3) is 0 Å². The van der Waals surface area contributed by atoms with Gasteiger partial charge in [-0.15, -0.1) is 0 Å². The van der Waals surface area contributed by atoms with Crippen LogP contribution in [0.3, 0.4) is 0 Å². The monoisotopic (exact) mass is 193 g/mol. The molecule has 1 aromatic carbocycles. The fourth-order valence-electron chi connectivity index (χ4n) is 1.17. The lowest BCUT2D eigenvalue weighted by atomic mass is 10.1. The molecule has 0 aliphatic heterocycles. The maximum atomic E-state index is 10.7. The number of phenols is 1. The highest BCUT2D eigenvalue weighted by molar-refractivity contribution is 5.85. The van der Waals surface area contributed by atoms with Gasteiger partial charge < -0.3 is 10.4 Å². The van der Waals surface area contributed by atoms with Gasteiger partial charge in [0.2, 0.25) is 0 Å². The van der Waals surface area contributed by atoms with E-state index in [1.165, 1.54) is 6.07 Å². The van der Waals surface area contributed by atoms with Crippen molar-refractivity contribution in [3.05, 3.63) is 23.8 Å². The van der Waals surface area contributed by atoms with Crippen LogP contribution in [-0.4, -0.2) is 16.9 Å². The van der Waals surface area contributed by atoms with Gasteiger partial charge in [-0.2, -0.15) is 0 Å². The van der Waals surface area contributed by atoms with Crippen molar-refractivity contribution in [2.24, 2.45) is 0 Å². The van der Waals surface area contributed by atoms with Crippen molar-refractivity contribution in [3.8, 4) is 5.75 Å². The van der Waals surface area contributed by atoms with Gasteiger partial charge in [-0.3, -0.25) is 4.79 Å². The summed E-state index contributed by atoms with van der Waals surface area (Å²) in [7, 11) is 0. The molecule has 0 aliphatic rings. The number of aromatic hydroxyl groups is 1. The lowest BCUT2D eigenvalue weighted by Gasteiger charge is -2.23. The first kappa shape index (κ1) is 10.6. The summed E-state index contributed by atoms with van der Waals surface area (Å²) in [6.45, 7) is 6.03. The van der Waals surface area contributed by atoms with Crippen molar-refractivity contribution in [3.63, 3.8) is 0 Å². The number of nitrogens with one attached hydrogen (secondary N) is 1. The van der Waals surface area contributed by atoms with Crippen LogP contribution in [0.5, 0.6) is 5.75 Å². The van der Waals surface area contributed by atoms with E-state index in [-0.39, 0.29) is 11.3 Å². The van der Waals surface area contributed by atoms with Gasteiger partial charge in [0.1, 0.15) is 5.75 Å². The first-order chi connectivity index (χ1) is 6.42. The first-order valence-electron chi connectivity index (χ1n) is 4.49. The molecule has 1 rings (SSSR count). The zero-order valence-corrected chi connectivity index (χ0v) is 8.66. The Kier molecular flexibility index (Phi) is 2.79. The molecule has 0 saturated heterocycles. The van der Waals surface area contributed by atoms with E-state index in [1.807, 2.05) is 20.8 Å². The van der Waals surface area contributed by atoms with Gasteiger partial charge in [-0.1, -0.05) is 0 Å². The van der Waals surface area contributed by atoms with Crippen molar-refractivity contribution in [1.29, 1.82) is 0 Å². The minimum atomic E-state index is -0.102. The van der Waals surface area contributed by atoms with Crippen LogP contribution in [0.4, 0.5) is 5.69 Å². The van der Waals surface area contributed by atoms with Crippen molar-refractivity contribution in [2.45, 2.75) is 26.3 Å². The standard InChI is InChI=1S/C11H15NO2/c1-11(2,3)12-10-5-4-9(14)6-8(10)7-13/h4-7,12,14H,1-3H3. The fourth-order valence-corrected chi connectivity index (χ4v) is 1.17. The molecule has 0 radical (unpaired) electrons. The smallest absolute Gasteiger partial charge is 0.152 e. The van der Waals surface area contributed by atoms with Crippen molar-refractivity contribution >= 4 is 12.0 Å². The largest absolute Gasteiger partial charge is 0.508 e. The zero-order chi connectivity index (χ0) is 10.8. The molecule has 0 atom stereocenters. The van der Waals surface area contributed by atoms with Gasteiger partial charge in [0.25, 0.3) is 0 Å². The second kappa shape index (κ2) is 3.70. The molecule has 2 N–H and O–H groups in total. The van der Waals surface area contributed by atoms with E-state index in [0.29, 0.717) is 5.56 Å². The predicted octanol–water partition coefficient (Wildman–Crippen LogP) is 2.42. The number of hydrogen-bond donors (Lipinski definition) is 2. The van der Waals surface area contributed by atoms with Crippen LogP contribution in [0.1, 0.15) is 31.1 Å². The predicted molar refractivity (Wildman–Crippen MR) is 56.9 cm³/mol. The summed E-state index contributed by atoms with van der Waals surface area (Å²) in [4.78, 5) is 10.7. The molecule has 76 valence electrons. The van der Waals surface area contributed by atoms with Crippen molar-refractivity contribution < 1.29 is 9.90 Å². The quantitative estimate of drug-likeness (QED) is 0.560. The third kappa shape index (κ3) is 2.76. The molecule has 0 amide bonds. The van der Waals surface area contributed by atoms with Gasteiger partial charge >= 0.3 is 0 Å². The molecular formula is C11H15NO2. The molecular weight excluding hydrogens is 178 g/mol. The SMILES string of the molecule is CC(C)(C)Nc1ccc(O)cc1C=O. The zero-order valence-electron chi connectivity index (χ0n) is 8.66. The molecule has 1 aromatic rings. The van der Waals surface area contributed by atoms with Crippen LogP contribution in [0.15, 0.2) is 18.2 Å². The number of rotatable bonds is 2. The molecule has 0 fully saturated rings. The number of aldehydes is 1. The van der Waals surface area contributed by atoms with E-state index < -0.39 is 0 Å². The maximum Gasteiger partial charge on any atom is 0.152 e.